The van der Waals surface area contributed by atoms with Crippen LogP contribution in [0, 0.1) is 6.92 Å². The number of carbonyl (C=O) groups is 1. The van der Waals surface area contributed by atoms with Gasteiger partial charge in [-0.1, -0.05) is 23.8 Å². The summed E-state index contributed by atoms with van der Waals surface area (Å²) in [6, 6.07) is 7.49. The summed E-state index contributed by atoms with van der Waals surface area (Å²) >= 11 is 0. The first-order valence-electron chi connectivity index (χ1n) is 4.90. The van der Waals surface area contributed by atoms with E-state index in [1.54, 1.807) is 13.2 Å². The molecule has 3 heteroatoms. The molecule has 0 aliphatic heterocycles. The van der Waals surface area contributed by atoms with Gasteiger partial charge in [0.05, 0.1) is 6.61 Å². The summed E-state index contributed by atoms with van der Waals surface area (Å²) < 4.78 is 4.72. The van der Waals surface area contributed by atoms with E-state index in [4.69, 9.17) is 4.74 Å². The SMILES string of the molecule is CNCCOC.Cc1cccc(C=O)c1. The number of hydrogen-bond acceptors (Lipinski definition) is 3. The van der Waals surface area contributed by atoms with Crippen LogP contribution in [0.3, 0.4) is 0 Å². The van der Waals surface area contributed by atoms with Crippen LogP contribution in [0.2, 0.25) is 0 Å². The van der Waals surface area contributed by atoms with E-state index in [1.807, 2.05) is 32.2 Å². The van der Waals surface area contributed by atoms with Crippen molar-refractivity contribution in [2.45, 2.75) is 6.92 Å². The number of carbonyl (C=O) groups excluding carboxylic acids is 1. The van der Waals surface area contributed by atoms with Crippen LogP contribution < -0.4 is 5.32 Å². The van der Waals surface area contributed by atoms with Gasteiger partial charge in [0, 0.05) is 19.2 Å². The van der Waals surface area contributed by atoms with Crippen LogP contribution in [-0.4, -0.2) is 33.6 Å². The van der Waals surface area contributed by atoms with E-state index in [1.165, 1.54) is 0 Å². The van der Waals surface area contributed by atoms with Gasteiger partial charge in [-0.25, -0.2) is 0 Å². The van der Waals surface area contributed by atoms with Crippen LogP contribution in [0.15, 0.2) is 24.3 Å². The first-order valence-corrected chi connectivity index (χ1v) is 4.90. The zero-order valence-corrected chi connectivity index (χ0v) is 9.62. The molecule has 3 nitrogen and oxygen atoms in total. The third kappa shape index (κ3) is 7.85. The monoisotopic (exact) mass is 209 g/mol. The zero-order valence-electron chi connectivity index (χ0n) is 9.62. The van der Waals surface area contributed by atoms with Gasteiger partial charge in [-0.2, -0.15) is 0 Å². The third-order valence-electron chi connectivity index (χ3n) is 1.73. The first kappa shape index (κ1) is 13.8. The molecule has 15 heavy (non-hydrogen) atoms. The molecule has 0 fully saturated rings. The van der Waals surface area contributed by atoms with Gasteiger partial charge in [0.2, 0.25) is 0 Å². The Bertz CT molecular complexity index is 270. The van der Waals surface area contributed by atoms with Gasteiger partial charge in [-0.05, 0) is 20.0 Å². The molecule has 0 heterocycles. The zero-order chi connectivity index (χ0) is 11.5. The minimum Gasteiger partial charge on any atom is -0.383 e. The Morgan fingerprint density at radius 1 is 1.47 bits per heavy atom. The average Bonchev–Trinajstić information content (AvgIpc) is 2.27. The Morgan fingerprint density at radius 3 is 2.53 bits per heavy atom. The molecule has 0 bridgehead atoms. The van der Waals surface area contributed by atoms with Crippen LogP contribution in [0.1, 0.15) is 15.9 Å². The van der Waals surface area contributed by atoms with E-state index in [0.717, 1.165) is 30.6 Å². The van der Waals surface area contributed by atoms with Crippen molar-refractivity contribution in [3.8, 4) is 0 Å². The predicted molar refractivity (Wildman–Crippen MR) is 62.4 cm³/mol. The van der Waals surface area contributed by atoms with Crippen molar-refractivity contribution < 1.29 is 9.53 Å². The standard InChI is InChI=1S/C8H8O.C4H11NO/c1-7-3-2-4-8(5-7)6-9;1-5-3-4-6-2/h2-6H,1H3;5H,3-4H2,1-2H3. The molecule has 1 aromatic carbocycles. The summed E-state index contributed by atoms with van der Waals surface area (Å²) in [6.07, 6.45) is 0.854. The van der Waals surface area contributed by atoms with Crippen molar-refractivity contribution in [1.29, 1.82) is 0 Å². The smallest absolute Gasteiger partial charge is 0.150 e. The number of likely N-dealkylation sites (N-methyl/N-ethyl adjacent to an activating group) is 1. The van der Waals surface area contributed by atoms with Gasteiger partial charge in [-0.15, -0.1) is 0 Å². The highest BCUT2D eigenvalue weighted by Crippen LogP contribution is 1.99. The molecule has 1 N–H and O–H groups in total. The van der Waals surface area contributed by atoms with Crippen molar-refractivity contribution in [2.75, 3.05) is 27.3 Å². The van der Waals surface area contributed by atoms with Gasteiger partial charge in [0.15, 0.2) is 0 Å². The number of aldehydes is 1. The van der Waals surface area contributed by atoms with Crippen LogP contribution in [0.4, 0.5) is 0 Å². The maximum Gasteiger partial charge on any atom is 0.150 e. The van der Waals surface area contributed by atoms with Crippen molar-refractivity contribution in [2.24, 2.45) is 0 Å². The number of methoxy groups -OCH3 is 1. The summed E-state index contributed by atoms with van der Waals surface area (Å²) in [4.78, 5) is 10.2. The number of rotatable bonds is 4. The molecule has 1 aromatic rings. The molecule has 0 saturated carbocycles. The molecule has 0 radical (unpaired) electrons. The molecule has 0 aromatic heterocycles. The molecule has 0 spiro atoms. The number of nitrogens with one attached hydrogen (secondary N) is 1. The molecule has 0 aliphatic rings. The van der Waals surface area contributed by atoms with Crippen LogP contribution >= 0.6 is 0 Å². The van der Waals surface area contributed by atoms with E-state index < -0.39 is 0 Å². The Labute approximate surface area is 91.5 Å². The Hall–Kier alpha value is -1.19. The molecule has 0 saturated heterocycles. The second-order valence-corrected chi connectivity index (χ2v) is 3.13. The Balaban J connectivity index is 0.000000288. The quantitative estimate of drug-likeness (QED) is 0.605. The lowest BCUT2D eigenvalue weighted by Crippen LogP contribution is -2.12. The van der Waals surface area contributed by atoms with Crippen LogP contribution in [0.5, 0.6) is 0 Å². The minimum absolute atomic E-state index is 0.745. The minimum atomic E-state index is 0.745. The van der Waals surface area contributed by atoms with Crippen molar-refractivity contribution in [3.05, 3.63) is 35.4 Å². The maximum absolute atomic E-state index is 10.2. The molecule has 0 unspecified atom stereocenters. The Morgan fingerprint density at radius 2 is 2.20 bits per heavy atom. The number of ether oxygens (including phenoxy) is 1. The van der Waals surface area contributed by atoms with Crippen molar-refractivity contribution >= 4 is 6.29 Å². The van der Waals surface area contributed by atoms with Crippen molar-refractivity contribution in [3.63, 3.8) is 0 Å². The predicted octanol–water partition coefficient (Wildman–Crippen LogP) is 1.66. The summed E-state index contributed by atoms with van der Waals surface area (Å²) in [5.74, 6) is 0. The number of benzene rings is 1. The van der Waals surface area contributed by atoms with E-state index in [-0.39, 0.29) is 0 Å². The summed E-state index contributed by atoms with van der Waals surface area (Å²) in [7, 11) is 3.59. The van der Waals surface area contributed by atoms with E-state index in [0.29, 0.717) is 0 Å². The molecule has 84 valence electrons. The lowest BCUT2D eigenvalue weighted by Gasteiger charge is -1.92. The summed E-state index contributed by atoms with van der Waals surface area (Å²) in [5, 5.41) is 2.94. The van der Waals surface area contributed by atoms with Gasteiger partial charge in [-0.3, -0.25) is 4.79 Å². The third-order valence-corrected chi connectivity index (χ3v) is 1.73. The average molecular weight is 209 g/mol. The lowest BCUT2D eigenvalue weighted by atomic mass is 10.2. The highest BCUT2D eigenvalue weighted by atomic mass is 16.5. The van der Waals surface area contributed by atoms with Crippen LogP contribution in [0.25, 0.3) is 0 Å². The van der Waals surface area contributed by atoms with Gasteiger partial charge in [0.25, 0.3) is 0 Å². The molecular formula is C12H19NO2. The molecule has 1 rings (SSSR count). The normalized spacial score (nSPS) is 9.00. The van der Waals surface area contributed by atoms with Gasteiger partial charge >= 0.3 is 0 Å². The number of hydrogen-bond donors (Lipinski definition) is 1. The topological polar surface area (TPSA) is 38.3 Å². The fourth-order valence-electron chi connectivity index (χ4n) is 0.948. The molecule has 0 aliphatic carbocycles. The molecule has 0 atom stereocenters. The second-order valence-electron chi connectivity index (χ2n) is 3.13. The van der Waals surface area contributed by atoms with Gasteiger partial charge in [0.1, 0.15) is 6.29 Å². The molecular weight excluding hydrogens is 190 g/mol. The summed E-state index contributed by atoms with van der Waals surface area (Å²) in [6.45, 7) is 3.71. The van der Waals surface area contributed by atoms with E-state index >= 15 is 0 Å². The fraction of sp³-hybridized carbons (Fsp3) is 0.417. The summed E-state index contributed by atoms with van der Waals surface area (Å²) in [5.41, 5.74) is 1.87. The first-order chi connectivity index (χ1) is 7.24. The number of aryl methyl sites for hydroxylation is 1. The van der Waals surface area contributed by atoms with Crippen molar-refractivity contribution in [1.82, 2.24) is 5.32 Å². The largest absolute Gasteiger partial charge is 0.383 e. The Kier molecular flexibility index (Phi) is 8.63. The highest BCUT2D eigenvalue weighted by Gasteiger charge is 1.86. The second kappa shape index (κ2) is 9.37. The van der Waals surface area contributed by atoms with E-state index in [9.17, 15) is 4.79 Å². The maximum atomic E-state index is 10.2. The van der Waals surface area contributed by atoms with Crippen LogP contribution in [-0.2, 0) is 4.74 Å². The fourth-order valence-corrected chi connectivity index (χ4v) is 0.948. The lowest BCUT2D eigenvalue weighted by molar-refractivity contribution is 0.112. The molecule has 0 amide bonds. The van der Waals surface area contributed by atoms with E-state index in [2.05, 4.69) is 5.32 Å². The highest BCUT2D eigenvalue weighted by molar-refractivity contribution is 5.74. The van der Waals surface area contributed by atoms with Gasteiger partial charge < -0.3 is 10.1 Å².